The van der Waals surface area contributed by atoms with E-state index in [0.29, 0.717) is 6.04 Å². The van der Waals surface area contributed by atoms with Crippen molar-refractivity contribution < 1.29 is 0 Å². The summed E-state index contributed by atoms with van der Waals surface area (Å²) in [6, 6.07) is 3.30. The van der Waals surface area contributed by atoms with Crippen molar-refractivity contribution in [2.24, 2.45) is 4.99 Å². The van der Waals surface area contributed by atoms with Crippen LogP contribution in [0.15, 0.2) is 17.3 Å². The smallest absolute Gasteiger partial charge is 0.147 e. The van der Waals surface area contributed by atoms with E-state index in [4.69, 9.17) is 16.6 Å². The van der Waals surface area contributed by atoms with E-state index in [0.717, 1.165) is 80.5 Å². The van der Waals surface area contributed by atoms with Gasteiger partial charge in [0.25, 0.3) is 0 Å². The van der Waals surface area contributed by atoms with Crippen molar-refractivity contribution in [3.8, 4) is 0 Å². The predicted octanol–water partition coefficient (Wildman–Crippen LogP) is 1.74. The van der Waals surface area contributed by atoms with E-state index in [-0.39, 0.29) is 0 Å². The molecule has 0 radical (unpaired) electrons. The summed E-state index contributed by atoms with van der Waals surface area (Å²) < 4.78 is 0. The second kappa shape index (κ2) is 8.11. The van der Waals surface area contributed by atoms with E-state index >= 15 is 0 Å². The summed E-state index contributed by atoms with van der Waals surface area (Å²) in [6.07, 6.45) is 5.59. The Morgan fingerprint density at radius 2 is 2.08 bits per heavy atom. The molecule has 0 unspecified atom stereocenters. The van der Waals surface area contributed by atoms with Gasteiger partial charge in [-0.2, -0.15) is 0 Å². The topological polar surface area (TPSA) is 55.8 Å². The number of nitrogens with one attached hydrogen (secondary N) is 2. The maximum Gasteiger partial charge on any atom is 0.147 e. The van der Waals surface area contributed by atoms with Crippen LogP contribution in [0.5, 0.6) is 0 Å². The van der Waals surface area contributed by atoms with Gasteiger partial charge in [-0.1, -0.05) is 18.5 Å². The second-order valence-corrected chi connectivity index (χ2v) is 7.82. The molecular formula is C19H29ClN6. The zero-order valence-electron chi connectivity index (χ0n) is 15.5. The summed E-state index contributed by atoms with van der Waals surface area (Å²) >= 11 is 6.61. The van der Waals surface area contributed by atoms with Crippen LogP contribution in [0.2, 0.25) is 5.02 Å². The fourth-order valence-electron chi connectivity index (χ4n) is 4.43. The van der Waals surface area contributed by atoms with Gasteiger partial charge in [-0.15, -0.1) is 0 Å². The van der Waals surface area contributed by atoms with Crippen LogP contribution in [0.4, 0.5) is 5.82 Å². The van der Waals surface area contributed by atoms with Gasteiger partial charge in [-0.25, -0.2) is 4.98 Å². The number of halogens is 1. The lowest BCUT2D eigenvalue weighted by Gasteiger charge is -2.46. The summed E-state index contributed by atoms with van der Waals surface area (Å²) in [7, 11) is 0. The highest BCUT2D eigenvalue weighted by Gasteiger charge is 2.32. The van der Waals surface area contributed by atoms with Crippen LogP contribution in [-0.2, 0) is 0 Å². The number of pyridine rings is 1. The van der Waals surface area contributed by atoms with Gasteiger partial charge in [-0.3, -0.25) is 9.89 Å². The molecule has 1 atom stereocenters. The maximum absolute atomic E-state index is 6.61. The van der Waals surface area contributed by atoms with E-state index < -0.39 is 0 Å². The molecule has 4 heterocycles. The van der Waals surface area contributed by atoms with E-state index in [9.17, 15) is 0 Å². The Kier molecular flexibility index (Phi) is 5.62. The summed E-state index contributed by atoms with van der Waals surface area (Å²) in [5, 5.41) is 7.49. The van der Waals surface area contributed by atoms with Gasteiger partial charge in [0.15, 0.2) is 0 Å². The van der Waals surface area contributed by atoms with Gasteiger partial charge in [0, 0.05) is 50.0 Å². The van der Waals surface area contributed by atoms with Crippen molar-refractivity contribution in [3.63, 3.8) is 0 Å². The molecule has 2 saturated heterocycles. The first-order valence-electron chi connectivity index (χ1n) is 9.92. The van der Waals surface area contributed by atoms with Crippen LogP contribution in [0.3, 0.4) is 0 Å². The molecule has 2 N–H and O–H groups in total. The molecule has 1 aromatic heterocycles. The molecule has 0 saturated carbocycles. The minimum atomic E-state index is 0.574. The Balaban J connectivity index is 1.47. The van der Waals surface area contributed by atoms with Crippen molar-refractivity contribution in [2.45, 2.75) is 38.3 Å². The van der Waals surface area contributed by atoms with Crippen LogP contribution in [-0.4, -0.2) is 73.6 Å². The van der Waals surface area contributed by atoms with Crippen molar-refractivity contribution >= 4 is 23.3 Å². The molecular weight excluding hydrogens is 348 g/mol. The Morgan fingerprint density at radius 3 is 2.77 bits per heavy atom. The number of aromatic nitrogens is 1. The van der Waals surface area contributed by atoms with Crippen molar-refractivity contribution in [2.75, 3.05) is 50.7 Å². The third kappa shape index (κ3) is 3.68. The lowest BCUT2D eigenvalue weighted by atomic mass is 9.99. The molecule has 0 aliphatic carbocycles. The first kappa shape index (κ1) is 18.0. The number of aliphatic imine (C=N–C) groups is 1. The molecule has 7 heteroatoms. The monoisotopic (exact) mass is 376 g/mol. The van der Waals surface area contributed by atoms with Gasteiger partial charge in [0.1, 0.15) is 11.7 Å². The normalized spacial score (nSPS) is 25.2. The van der Waals surface area contributed by atoms with Crippen molar-refractivity contribution in [1.29, 1.82) is 0 Å². The molecule has 6 nitrogen and oxygen atoms in total. The predicted molar refractivity (Wildman–Crippen MR) is 108 cm³/mol. The standard InChI is InChI=1S/C19H29ClN6/c1-2-15-13-25(9-10-26(15)16-3-5-21-6-4-16)19-17(20)11-14(12-24-19)18-22-7-8-23-18/h11-12,15-16,21H,2-10,13H2,1H3,(H,22,23)/t15-/m0/s1. The molecule has 26 heavy (non-hydrogen) atoms. The molecule has 2 fully saturated rings. The largest absolute Gasteiger partial charge is 0.368 e. The Bertz CT molecular complexity index is 657. The first-order chi connectivity index (χ1) is 12.8. The van der Waals surface area contributed by atoms with E-state index in [1.165, 1.54) is 12.8 Å². The van der Waals surface area contributed by atoms with Crippen LogP contribution < -0.4 is 15.5 Å². The van der Waals surface area contributed by atoms with Crippen LogP contribution in [0.1, 0.15) is 31.7 Å². The lowest BCUT2D eigenvalue weighted by molar-refractivity contribution is 0.0936. The number of piperazine rings is 1. The first-order valence-corrected chi connectivity index (χ1v) is 10.3. The number of anilines is 1. The molecule has 3 aliphatic rings. The third-order valence-corrected chi connectivity index (χ3v) is 6.12. The zero-order chi connectivity index (χ0) is 17.9. The second-order valence-electron chi connectivity index (χ2n) is 7.41. The highest BCUT2D eigenvalue weighted by Crippen LogP contribution is 2.29. The molecule has 0 aromatic carbocycles. The van der Waals surface area contributed by atoms with Gasteiger partial charge >= 0.3 is 0 Å². The molecule has 3 aliphatic heterocycles. The van der Waals surface area contributed by atoms with Crippen LogP contribution in [0, 0.1) is 0 Å². The number of amidine groups is 1. The molecule has 4 rings (SSSR count). The van der Waals surface area contributed by atoms with Crippen LogP contribution in [0.25, 0.3) is 0 Å². The highest BCUT2D eigenvalue weighted by atomic mass is 35.5. The van der Waals surface area contributed by atoms with Crippen molar-refractivity contribution in [3.05, 3.63) is 22.8 Å². The summed E-state index contributed by atoms with van der Waals surface area (Å²) in [4.78, 5) is 14.3. The number of piperidine rings is 1. The molecule has 142 valence electrons. The van der Waals surface area contributed by atoms with Crippen molar-refractivity contribution in [1.82, 2.24) is 20.5 Å². The molecule has 0 spiro atoms. The maximum atomic E-state index is 6.61. The third-order valence-electron chi connectivity index (χ3n) is 5.85. The summed E-state index contributed by atoms with van der Waals surface area (Å²) in [5.74, 6) is 1.82. The Hall–Kier alpha value is -1.37. The van der Waals surface area contributed by atoms with E-state index in [1.807, 2.05) is 12.3 Å². The number of nitrogens with zero attached hydrogens (tertiary/aromatic N) is 4. The fourth-order valence-corrected chi connectivity index (χ4v) is 4.71. The van der Waals surface area contributed by atoms with E-state index in [1.54, 1.807) is 0 Å². The number of hydrogen-bond acceptors (Lipinski definition) is 6. The quantitative estimate of drug-likeness (QED) is 0.838. The average Bonchev–Trinajstić information content (AvgIpc) is 3.23. The molecule has 0 bridgehead atoms. The number of hydrogen-bond donors (Lipinski definition) is 2. The minimum Gasteiger partial charge on any atom is -0.368 e. The molecule has 1 aromatic rings. The summed E-state index contributed by atoms with van der Waals surface area (Å²) in [6.45, 7) is 9.40. The SMILES string of the molecule is CC[C@H]1CN(c2ncc(C3=NCCN3)cc2Cl)CCN1C1CCNCC1. The minimum absolute atomic E-state index is 0.574. The van der Waals surface area contributed by atoms with Gasteiger partial charge < -0.3 is 15.5 Å². The number of rotatable bonds is 4. The van der Waals surface area contributed by atoms with Gasteiger partial charge in [0.05, 0.1) is 11.6 Å². The van der Waals surface area contributed by atoms with Gasteiger partial charge in [0.2, 0.25) is 0 Å². The highest BCUT2D eigenvalue weighted by molar-refractivity contribution is 6.33. The fraction of sp³-hybridized carbons (Fsp3) is 0.684. The zero-order valence-corrected chi connectivity index (χ0v) is 16.3. The van der Waals surface area contributed by atoms with Gasteiger partial charge in [-0.05, 0) is 38.4 Å². The molecule has 0 amide bonds. The Labute approximate surface area is 161 Å². The average molecular weight is 377 g/mol. The lowest BCUT2D eigenvalue weighted by Crippen LogP contribution is -2.58. The van der Waals surface area contributed by atoms with Crippen LogP contribution >= 0.6 is 11.6 Å². The summed E-state index contributed by atoms with van der Waals surface area (Å²) in [5.41, 5.74) is 0.983. The van der Waals surface area contributed by atoms with E-state index in [2.05, 4.69) is 32.3 Å². The Morgan fingerprint density at radius 1 is 1.23 bits per heavy atom.